The standard InChI is InChI=1S/C56H69F2N9O6/c1-8-41-44(57)14-11-37-27-40(68)28-42(48(37)41)50-49(58)51-43(30-59-50)52(65-31-38-12-13-39(32-65)67(38)55(70)72-56(5,6)7)61-54(60-51)71-25-24-63-20-15-35(16-21-63)26-36-17-22-64(23-18-36)46-29-45(73-62-46)47(33(2)3)53(69)66-19-9-10-34(66)4/h1,11,14,27-30,33-36,38-39,47,68H,9-10,12-13,15-26,31-32H2,2-7H3. The van der Waals surface area contributed by atoms with Crippen molar-refractivity contribution in [1.29, 1.82) is 0 Å². The van der Waals surface area contributed by atoms with Crippen LogP contribution < -0.4 is 14.5 Å². The third-order valence-corrected chi connectivity index (χ3v) is 16.0. The molecule has 4 unspecified atom stereocenters. The number of amides is 2. The number of phenols is 1. The number of carbonyl (C=O) groups is 2. The predicted molar refractivity (Wildman–Crippen MR) is 276 cm³/mol. The van der Waals surface area contributed by atoms with Crippen LogP contribution >= 0.6 is 0 Å². The number of fused-ring (bicyclic) bond motifs is 4. The molecule has 5 saturated heterocycles. The first-order valence-corrected chi connectivity index (χ1v) is 26.4. The molecular weight excluding hydrogens is 933 g/mol. The predicted octanol–water partition coefficient (Wildman–Crippen LogP) is 9.53. The normalized spacial score (nSPS) is 21.7. The van der Waals surface area contributed by atoms with Crippen LogP contribution in [0.2, 0.25) is 0 Å². The number of pyridine rings is 1. The lowest BCUT2D eigenvalue weighted by Crippen LogP contribution is -2.57. The molecule has 0 spiro atoms. The molecule has 2 amide bonds. The number of piperidine rings is 2. The van der Waals surface area contributed by atoms with Crippen LogP contribution in [0.4, 0.5) is 25.2 Å². The van der Waals surface area contributed by atoms with Crippen molar-refractivity contribution >= 4 is 45.3 Å². The van der Waals surface area contributed by atoms with Crippen molar-refractivity contribution < 1.29 is 37.5 Å². The molecular formula is C56H69F2N9O6. The average molecular weight is 1000 g/mol. The summed E-state index contributed by atoms with van der Waals surface area (Å²) in [6, 6.07) is 7.45. The number of rotatable bonds is 12. The number of nitrogens with zero attached hydrogens (tertiary/aromatic N) is 9. The van der Waals surface area contributed by atoms with E-state index in [1.54, 1.807) is 0 Å². The van der Waals surface area contributed by atoms with Crippen molar-refractivity contribution in [2.45, 2.75) is 129 Å². The second-order valence-corrected chi connectivity index (χ2v) is 22.5. The van der Waals surface area contributed by atoms with Gasteiger partial charge in [0.1, 0.15) is 46.7 Å². The second-order valence-electron chi connectivity index (χ2n) is 22.5. The summed E-state index contributed by atoms with van der Waals surface area (Å²) in [5.74, 6) is 3.94. The lowest BCUT2D eigenvalue weighted by molar-refractivity contribution is -0.134. The summed E-state index contributed by atoms with van der Waals surface area (Å²) < 4.78 is 50.4. The summed E-state index contributed by atoms with van der Waals surface area (Å²) in [6.07, 6.45) is 16.2. The van der Waals surface area contributed by atoms with Crippen LogP contribution in [0.15, 0.2) is 41.1 Å². The van der Waals surface area contributed by atoms with Crippen LogP contribution in [0.1, 0.15) is 117 Å². The van der Waals surface area contributed by atoms with Gasteiger partial charge in [-0.15, -0.1) is 6.42 Å². The SMILES string of the molecule is C#Cc1c(F)ccc2cc(O)cc(-c3ncc4c(N5CC6CCC(C5)N6C(=O)OC(C)(C)C)nc(OCCN5CCC(CC6CCN(c7cc(C(C(=O)N8CCCC8C)C(C)C)on7)CC6)CC5)nc4c3F)c12. The number of aromatic nitrogens is 4. The van der Waals surface area contributed by atoms with Crippen LogP contribution in [0.25, 0.3) is 32.9 Å². The summed E-state index contributed by atoms with van der Waals surface area (Å²) in [6.45, 7) is 18.2. The maximum absolute atomic E-state index is 17.3. The van der Waals surface area contributed by atoms with E-state index in [4.69, 9.17) is 25.4 Å². The number of aromatic hydroxyl groups is 1. The molecule has 3 aromatic heterocycles. The van der Waals surface area contributed by atoms with Crippen LogP contribution in [-0.4, -0.2) is 135 Å². The maximum Gasteiger partial charge on any atom is 0.410 e. The number of hydrogen-bond donors (Lipinski definition) is 1. The van der Waals surface area contributed by atoms with E-state index in [0.29, 0.717) is 53.8 Å². The van der Waals surface area contributed by atoms with E-state index >= 15 is 8.78 Å². The number of ether oxygens (including phenoxy) is 2. The Hall–Kier alpha value is -6.28. The third-order valence-electron chi connectivity index (χ3n) is 16.0. The molecule has 5 aliphatic rings. The van der Waals surface area contributed by atoms with Crippen molar-refractivity contribution in [2.75, 3.05) is 68.8 Å². The van der Waals surface area contributed by atoms with Crippen LogP contribution in [-0.2, 0) is 9.53 Å². The molecule has 388 valence electrons. The quantitative estimate of drug-likeness (QED) is 0.118. The van der Waals surface area contributed by atoms with Gasteiger partial charge in [0.15, 0.2) is 17.4 Å². The van der Waals surface area contributed by atoms with Gasteiger partial charge in [0.25, 0.3) is 0 Å². The molecule has 5 aliphatic heterocycles. The topological polar surface area (TPSA) is 154 Å². The van der Waals surface area contributed by atoms with E-state index in [2.05, 4.69) is 56.5 Å². The zero-order valence-corrected chi connectivity index (χ0v) is 43.1. The molecule has 0 aliphatic carbocycles. The number of piperazine rings is 1. The molecule has 73 heavy (non-hydrogen) atoms. The van der Waals surface area contributed by atoms with E-state index < -0.39 is 17.2 Å². The van der Waals surface area contributed by atoms with Crippen LogP contribution in [0, 0.1) is 41.7 Å². The highest BCUT2D eigenvalue weighted by atomic mass is 19.1. The van der Waals surface area contributed by atoms with Gasteiger partial charge in [-0.25, -0.2) is 13.6 Å². The Morgan fingerprint density at radius 3 is 2.30 bits per heavy atom. The van der Waals surface area contributed by atoms with Crippen molar-refractivity contribution in [1.82, 2.24) is 34.8 Å². The monoisotopic (exact) mass is 1000 g/mol. The van der Waals surface area contributed by atoms with Gasteiger partial charge >= 0.3 is 12.1 Å². The molecule has 15 nitrogen and oxygen atoms in total. The first-order valence-electron chi connectivity index (χ1n) is 26.4. The van der Waals surface area contributed by atoms with Gasteiger partial charge in [0, 0.05) is 68.5 Å². The molecule has 5 fully saturated rings. The summed E-state index contributed by atoms with van der Waals surface area (Å²) >= 11 is 0. The van der Waals surface area contributed by atoms with Gasteiger partial charge in [-0.05, 0) is 140 Å². The van der Waals surface area contributed by atoms with Gasteiger partial charge in [-0.1, -0.05) is 31.0 Å². The van der Waals surface area contributed by atoms with Gasteiger partial charge in [-0.3, -0.25) is 19.6 Å². The molecule has 17 heteroatoms. The van der Waals surface area contributed by atoms with Crippen LogP contribution in [0.3, 0.4) is 0 Å². The van der Waals surface area contributed by atoms with Crippen LogP contribution in [0.5, 0.6) is 11.8 Å². The fourth-order valence-corrected chi connectivity index (χ4v) is 12.3. The zero-order valence-electron chi connectivity index (χ0n) is 43.1. The molecule has 4 atom stereocenters. The minimum absolute atomic E-state index is 0.00427. The maximum atomic E-state index is 17.3. The fraction of sp³-hybridized carbons (Fsp3) is 0.571. The van der Waals surface area contributed by atoms with E-state index in [0.717, 1.165) is 89.9 Å². The third kappa shape index (κ3) is 10.3. The van der Waals surface area contributed by atoms with Gasteiger partial charge in [0.2, 0.25) is 5.91 Å². The Morgan fingerprint density at radius 2 is 1.64 bits per heavy atom. The second kappa shape index (κ2) is 20.6. The van der Waals surface area contributed by atoms with Crippen molar-refractivity contribution in [3.8, 4) is 35.4 Å². The van der Waals surface area contributed by atoms with E-state index in [-0.39, 0.29) is 88.1 Å². The largest absolute Gasteiger partial charge is 0.508 e. The Labute approximate surface area is 426 Å². The summed E-state index contributed by atoms with van der Waals surface area (Å²) in [5.41, 5.74) is -0.791. The van der Waals surface area contributed by atoms with E-state index in [1.807, 2.05) is 36.6 Å². The molecule has 2 aromatic carbocycles. The number of terminal acetylenes is 1. The van der Waals surface area contributed by atoms with Crippen molar-refractivity contribution in [3.63, 3.8) is 0 Å². The molecule has 5 aromatic rings. The van der Waals surface area contributed by atoms with E-state index in [9.17, 15) is 14.7 Å². The van der Waals surface area contributed by atoms with Gasteiger partial charge < -0.3 is 33.8 Å². The molecule has 10 rings (SSSR count). The number of anilines is 2. The lowest BCUT2D eigenvalue weighted by Gasteiger charge is -2.42. The highest BCUT2D eigenvalue weighted by molar-refractivity contribution is 6.03. The summed E-state index contributed by atoms with van der Waals surface area (Å²) in [4.78, 5) is 51.7. The Balaban J connectivity index is 0.796. The summed E-state index contributed by atoms with van der Waals surface area (Å²) in [7, 11) is 0. The smallest absolute Gasteiger partial charge is 0.410 e. The first-order chi connectivity index (χ1) is 35.0. The molecule has 0 saturated carbocycles. The van der Waals surface area contributed by atoms with Crippen molar-refractivity contribution in [3.05, 3.63) is 59.5 Å². The first kappa shape index (κ1) is 50.3. The van der Waals surface area contributed by atoms with Gasteiger partial charge in [0.05, 0.1) is 23.0 Å². The molecule has 1 N–H and O–H groups in total. The molecule has 8 heterocycles. The zero-order chi connectivity index (χ0) is 51.3. The van der Waals surface area contributed by atoms with E-state index in [1.165, 1.54) is 36.9 Å². The number of phenolic OH excluding ortho intramolecular Hbond substituents is 1. The Morgan fingerprint density at radius 1 is 0.932 bits per heavy atom. The number of benzene rings is 2. The number of carbonyl (C=O) groups excluding carboxylic acids is 2. The number of hydrogen-bond acceptors (Lipinski definition) is 13. The van der Waals surface area contributed by atoms with Crippen molar-refractivity contribution in [2.24, 2.45) is 17.8 Å². The fourth-order valence-electron chi connectivity index (χ4n) is 12.3. The lowest BCUT2D eigenvalue weighted by atomic mass is 9.83. The molecule has 2 bridgehead atoms. The van der Waals surface area contributed by atoms with Gasteiger partial charge in [-0.2, -0.15) is 9.97 Å². The summed E-state index contributed by atoms with van der Waals surface area (Å²) in [5, 5.41) is 16.2. The Kier molecular flexibility index (Phi) is 14.2. The average Bonchev–Trinajstić information content (AvgIpc) is 4.09. The molecule has 0 radical (unpaired) electrons. The highest BCUT2D eigenvalue weighted by Crippen LogP contribution is 2.41. The number of halogens is 2. The number of likely N-dealkylation sites (tertiary alicyclic amines) is 2. The minimum Gasteiger partial charge on any atom is -0.508 e. The Bertz CT molecular complexity index is 2890. The minimum atomic E-state index is -0.795. The highest BCUT2D eigenvalue weighted by Gasteiger charge is 2.45.